The summed E-state index contributed by atoms with van der Waals surface area (Å²) in [5.41, 5.74) is 3.89. The fourth-order valence-corrected chi connectivity index (χ4v) is 3.19. The molecule has 0 saturated heterocycles. The maximum Gasteiger partial charge on any atom is 0.251 e. The molecule has 0 radical (unpaired) electrons. The molecule has 3 aromatic rings. The summed E-state index contributed by atoms with van der Waals surface area (Å²) in [7, 11) is 0. The van der Waals surface area contributed by atoms with E-state index in [1.807, 2.05) is 6.07 Å². The number of hydrogen-bond acceptors (Lipinski definition) is 5. The fraction of sp³-hybridized carbons (Fsp3) is 0.250. The van der Waals surface area contributed by atoms with E-state index in [-0.39, 0.29) is 0 Å². The number of nitrogens with zero attached hydrogens (tertiary/aromatic N) is 4. The summed E-state index contributed by atoms with van der Waals surface area (Å²) in [6, 6.07) is 18.9. The summed E-state index contributed by atoms with van der Waals surface area (Å²) in [6.45, 7) is 1.77. The van der Waals surface area contributed by atoms with E-state index in [2.05, 4.69) is 73.9 Å². The van der Waals surface area contributed by atoms with Crippen LogP contribution in [-0.4, -0.2) is 28.3 Å². The van der Waals surface area contributed by atoms with Crippen molar-refractivity contribution in [3.8, 4) is 0 Å². The Kier molecular flexibility index (Phi) is 4.55. The second-order valence-electron chi connectivity index (χ2n) is 6.19. The molecule has 0 spiro atoms. The summed E-state index contributed by atoms with van der Waals surface area (Å²) < 4.78 is 0. The Balaban J connectivity index is 1.37. The van der Waals surface area contributed by atoms with Crippen LogP contribution in [0.1, 0.15) is 17.5 Å². The van der Waals surface area contributed by atoms with Gasteiger partial charge in [-0.25, -0.2) is 0 Å². The Morgan fingerprint density at radius 2 is 1.84 bits per heavy atom. The number of benzene rings is 2. The fourth-order valence-electron chi connectivity index (χ4n) is 3.19. The SMILES string of the molecule is c1ccc(CCCNc2cnnc(N3CCc4ccccc43)n2)cc1. The van der Waals surface area contributed by atoms with Crippen molar-refractivity contribution in [3.05, 3.63) is 71.9 Å². The van der Waals surface area contributed by atoms with Gasteiger partial charge in [-0.1, -0.05) is 48.5 Å². The summed E-state index contributed by atoms with van der Waals surface area (Å²) in [4.78, 5) is 6.78. The van der Waals surface area contributed by atoms with Crippen LogP contribution in [0.5, 0.6) is 0 Å². The second kappa shape index (κ2) is 7.30. The molecule has 2 heterocycles. The number of para-hydroxylation sites is 1. The third kappa shape index (κ3) is 3.60. The monoisotopic (exact) mass is 331 g/mol. The predicted octanol–water partition coefficient (Wildman–Crippen LogP) is 3.61. The Morgan fingerprint density at radius 1 is 1.00 bits per heavy atom. The minimum absolute atomic E-state index is 0.665. The minimum atomic E-state index is 0.665. The van der Waals surface area contributed by atoms with Crippen molar-refractivity contribution in [2.24, 2.45) is 0 Å². The third-order valence-corrected chi connectivity index (χ3v) is 4.47. The molecule has 25 heavy (non-hydrogen) atoms. The van der Waals surface area contributed by atoms with Crippen LogP contribution in [0.25, 0.3) is 0 Å². The zero-order valence-corrected chi connectivity index (χ0v) is 14.1. The van der Waals surface area contributed by atoms with Gasteiger partial charge < -0.3 is 10.2 Å². The van der Waals surface area contributed by atoms with Gasteiger partial charge in [0.25, 0.3) is 5.95 Å². The molecule has 2 aromatic carbocycles. The third-order valence-electron chi connectivity index (χ3n) is 4.47. The molecule has 5 nitrogen and oxygen atoms in total. The molecule has 0 atom stereocenters. The van der Waals surface area contributed by atoms with E-state index in [1.54, 1.807) is 6.20 Å². The molecule has 0 saturated carbocycles. The van der Waals surface area contributed by atoms with Crippen molar-refractivity contribution >= 4 is 17.5 Å². The zero-order valence-electron chi connectivity index (χ0n) is 14.1. The normalized spacial score (nSPS) is 12.9. The van der Waals surface area contributed by atoms with E-state index in [9.17, 15) is 0 Å². The maximum atomic E-state index is 4.64. The predicted molar refractivity (Wildman–Crippen MR) is 100 cm³/mol. The van der Waals surface area contributed by atoms with Gasteiger partial charge in [0, 0.05) is 18.8 Å². The van der Waals surface area contributed by atoms with E-state index in [1.165, 1.54) is 16.8 Å². The van der Waals surface area contributed by atoms with Gasteiger partial charge in [-0.05, 0) is 36.5 Å². The average Bonchev–Trinajstić information content (AvgIpc) is 3.11. The van der Waals surface area contributed by atoms with Crippen molar-refractivity contribution in [3.63, 3.8) is 0 Å². The Hall–Kier alpha value is -2.95. The van der Waals surface area contributed by atoms with E-state index in [0.717, 1.165) is 38.2 Å². The van der Waals surface area contributed by atoms with Crippen LogP contribution in [0.15, 0.2) is 60.8 Å². The number of rotatable bonds is 6. The number of aromatic nitrogens is 3. The molecular weight excluding hydrogens is 310 g/mol. The molecule has 126 valence electrons. The van der Waals surface area contributed by atoms with Gasteiger partial charge in [-0.15, -0.1) is 5.10 Å². The molecule has 0 aliphatic carbocycles. The average molecular weight is 331 g/mol. The van der Waals surface area contributed by atoms with Crippen molar-refractivity contribution < 1.29 is 0 Å². The first-order valence-electron chi connectivity index (χ1n) is 8.73. The minimum Gasteiger partial charge on any atom is -0.369 e. The topological polar surface area (TPSA) is 53.9 Å². The number of hydrogen-bond donors (Lipinski definition) is 1. The van der Waals surface area contributed by atoms with Gasteiger partial charge >= 0.3 is 0 Å². The standard InChI is InChI=1S/C20H21N5/c1-2-7-16(8-3-1)9-6-13-21-19-15-22-24-20(23-19)25-14-12-17-10-4-5-11-18(17)25/h1-5,7-8,10-11,15H,6,9,12-14H2,(H,21,23,24). The van der Waals surface area contributed by atoms with Crippen LogP contribution >= 0.6 is 0 Å². The molecule has 5 heteroatoms. The molecule has 0 unspecified atom stereocenters. The van der Waals surface area contributed by atoms with E-state index in [0.29, 0.717) is 5.95 Å². The van der Waals surface area contributed by atoms with Gasteiger partial charge in [0.05, 0.1) is 6.20 Å². The number of anilines is 3. The molecule has 1 aliphatic rings. The lowest BCUT2D eigenvalue weighted by atomic mass is 10.1. The highest BCUT2D eigenvalue weighted by molar-refractivity contribution is 5.65. The quantitative estimate of drug-likeness (QED) is 0.699. The molecule has 0 bridgehead atoms. The zero-order chi connectivity index (χ0) is 16.9. The lowest BCUT2D eigenvalue weighted by Crippen LogP contribution is -2.18. The second-order valence-corrected chi connectivity index (χ2v) is 6.19. The number of aryl methyl sites for hydroxylation is 1. The molecule has 0 fully saturated rings. The van der Waals surface area contributed by atoms with Crippen molar-refractivity contribution in [1.82, 2.24) is 15.2 Å². The van der Waals surface area contributed by atoms with Crippen LogP contribution in [-0.2, 0) is 12.8 Å². The first-order valence-corrected chi connectivity index (χ1v) is 8.73. The van der Waals surface area contributed by atoms with Crippen molar-refractivity contribution in [2.45, 2.75) is 19.3 Å². The molecule has 4 rings (SSSR count). The highest BCUT2D eigenvalue weighted by atomic mass is 15.3. The lowest BCUT2D eigenvalue weighted by molar-refractivity contribution is 0.844. The number of fused-ring (bicyclic) bond motifs is 1. The highest BCUT2D eigenvalue weighted by Crippen LogP contribution is 2.32. The first-order chi connectivity index (χ1) is 12.4. The molecular formula is C20H21N5. The van der Waals surface area contributed by atoms with Gasteiger partial charge in [0.1, 0.15) is 0 Å². The van der Waals surface area contributed by atoms with Crippen LogP contribution in [0.2, 0.25) is 0 Å². The van der Waals surface area contributed by atoms with Gasteiger partial charge in [0.2, 0.25) is 0 Å². The van der Waals surface area contributed by atoms with Crippen molar-refractivity contribution in [2.75, 3.05) is 23.3 Å². The summed E-state index contributed by atoms with van der Waals surface area (Å²) in [6.07, 6.45) is 4.82. The van der Waals surface area contributed by atoms with Crippen molar-refractivity contribution in [1.29, 1.82) is 0 Å². The molecule has 1 aliphatic heterocycles. The molecule has 1 N–H and O–H groups in total. The first kappa shape index (κ1) is 15.6. The van der Waals surface area contributed by atoms with Crippen LogP contribution in [0.4, 0.5) is 17.5 Å². The van der Waals surface area contributed by atoms with E-state index in [4.69, 9.17) is 0 Å². The summed E-state index contributed by atoms with van der Waals surface area (Å²) >= 11 is 0. The lowest BCUT2D eigenvalue weighted by Gasteiger charge is -2.17. The van der Waals surface area contributed by atoms with Crippen LogP contribution < -0.4 is 10.2 Å². The van der Waals surface area contributed by atoms with Crippen LogP contribution in [0.3, 0.4) is 0 Å². The Labute approximate surface area is 147 Å². The van der Waals surface area contributed by atoms with Gasteiger partial charge in [0.15, 0.2) is 5.82 Å². The maximum absolute atomic E-state index is 4.64. The summed E-state index contributed by atoms with van der Waals surface area (Å²) in [5.74, 6) is 1.44. The Morgan fingerprint density at radius 3 is 2.76 bits per heavy atom. The molecule has 0 amide bonds. The molecule has 1 aromatic heterocycles. The van der Waals surface area contributed by atoms with E-state index < -0.39 is 0 Å². The summed E-state index contributed by atoms with van der Waals surface area (Å²) in [5, 5.41) is 11.7. The van der Waals surface area contributed by atoms with Gasteiger partial charge in [-0.3, -0.25) is 0 Å². The number of nitrogens with one attached hydrogen (secondary N) is 1. The van der Waals surface area contributed by atoms with Crippen LogP contribution in [0, 0.1) is 0 Å². The Bertz CT molecular complexity index is 834. The highest BCUT2D eigenvalue weighted by Gasteiger charge is 2.22. The van der Waals surface area contributed by atoms with Gasteiger partial charge in [-0.2, -0.15) is 10.1 Å². The smallest absolute Gasteiger partial charge is 0.251 e. The largest absolute Gasteiger partial charge is 0.369 e. The van der Waals surface area contributed by atoms with E-state index >= 15 is 0 Å².